The van der Waals surface area contributed by atoms with Crippen LogP contribution in [0.25, 0.3) is 0 Å². The van der Waals surface area contributed by atoms with Crippen LogP contribution in [0.2, 0.25) is 0 Å². The minimum Gasteiger partial charge on any atom is -0.317 e. The molecule has 0 atom stereocenters. The lowest BCUT2D eigenvalue weighted by atomic mass is 9.57. The summed E-state index contributed by atoms with van der Waals surface area (Å²) in [5.74, 6) is 0. The Labute approximate surface area is 107 Å². The Morgan fingerprint density at radius 1 is 1.24 bits per heavy atom. The first kappa shape index (κ1) is 13.4. The Kier molecular flexibility index (Phi) is 4.48. The van der Waals surface area contributed by atoms with Gasteiger partial charge in [-0.05, 0) is 71.0 Å². The predicted octanol–water partition coefficient (Wildman–Crippen LogP) is 3.03. The molecule has 0 saturated heterocycles. The van der Waals surface area contributed by atoms with Crippen LogP contribution in [0.15, 0.2) is 0 Å². The second-order valence-corrected chi connectivity index (χ2v) is 6.46. The van der Waals surface area contributed by atoms with Crippen molar-refractivity contribution in [1.29, 1.82) is 0 Å². The van der Waals surface area contributed by atoms with Gasteiger partial charge in [-0.3, -0.25) is 0 Å². The van der Waals surface area contributed by atoms with Gasteiger partial charge in [0.15, 0.2) is 0 Å². The Morgan fingerprint density at radius 3 is 2.41 bits per heavy atom. The summed E-state index contributed by atoms with van der Waals surface area (Å²) in [6.45, 7) is 3.59. The fraction of sp³-hybridized carbons (Fsp3) is 1.00. The summed E-state index contributed by atoms with van der Waals surface area (Å²) in [5.41, 5.74) is 0.746. The quantitative estimate of drug-likeness (QED) is 0.792. The van der Waals surface area contributed by atoms with Crippen LogP contribution in [0.3, 0.4) is 0 Å². The van der Waals surface area contributed by atoms with E-state index in [1.54, 1.807) is 0 Å². The molecule has 0 bridgehead atoms. The van der Waals surface area contributed by atoms with Gasteiger partial charge in [0.25, 0.3) is 0 Å². The summed E-state index contributed by atoms with van der Waals surface area (Å²) in [4.78, 5) is 2.62. The number of nitrogens with one attached hydrogen (secondary N) is 1. The van der Waals surface area contributed by atoms with Crippen LogP contribution < -0.4 is 5.32 Å². The first-order valence-electron chi connectivity index (χ1n) is 7.56. The second-order valence-electron chi connectivity index (χ2n) is 6.46. The van der Waals surface area contributed by atoms with E-state index in [-0.39, 0.29) is 0 Å². The van der Waals surface area contributed by atoms with Crippen molar-refractivity contribution >= 4 is 0 Å². The molecule has 0 aliphatic heterocycles. The fourth-order valence-corrected chi connectivity index (χ4v) is 3.84. The normalized spacial score (nSPS) is 37.4. The van der Waals surface area contributed by atoms with E-state index in [0.29, 0.717) is 0 Å². The molecule has 2 fully saturated rings. The number of hydrogen-bond donors (Lipinski definition) is 1. The molecular weight excluding hydrogens is 208 g/mol. The van der Waals surface area contributed by atoms with Crippen LogP contribution in [-0.2, 0) is 0 Å². The van der Waals surface area contributed by atoms with Crippen molar-refractivity contribution in [1.82, 2.24) is 10.2 Å². The van der Waals surface area contributed by atoms with Gasteiger partial charge in [-0.25, -0.2) is 0 Å². The molecule has 0 aromatic carbocycles. The molecule has 0 heterocycles. The maximum absolute atomic E-state index is 3.42. The molecule has 0 aromatic heterocycles. The molecule has 2 aliphatic rings. The smallest absolute Gasteiger partial charge is 0.00926 e. The Hall–Kier alpha value is -0.0800. The van der Waals surface area contributed by atoms with Gasteiger partial charge in [-0.1, -0.05) is 13.3 Å². The summed E-state index contributed by atoms with van der Waals surface area (Å²) >= 11 is 0. The van der Waals surface area contributed by atoms with Crippen molar-refractivity contribution in [2.75, 3.05) is 20.6 Å². The van der Waals surface area contributed by atoms with Crippen LogP contribution in [0.5, 0.6) is 0 Å². The molecule has 2 saturated carbocycles. The third kappa shape index (κ3) is 3.03. The standard InChI is InChI=1S/C15H30N2/c1-4-5-10-17(3)14-6-8-15(9-7-14)11-13(12-15)16-2/h13-14,16H,4-12H2,1-3H3. The highest BCUT2D eigenvalue weighted by Gasteiger charge is 2.45. The maximum atomic E-state index is 3.42. The van der Waals surface area contributed by atoms with E-state index in [0.717, 1.165) is 17.5 Å². The minimum atomic E-state index is 0.746. The summed E-state index contributed by atoms with van der Waals surface area (Å²) in [6.07, 6.45) is 11.4. The highest BCUT2D eigenvalue weighted by Crippen LogP contribution is 2.52. The van der Waals surface area contributed by atoms with Crippen LogP contribution >= 0.6 is 0 Å². The molecule has 0 unspecified atom stereocenters. The average molecular weight is 238 g/mol. The molecule has 17 heavy (non-hydrogen) atoms. The largest absolute Gasteiger partial charge is 0.317 e. The highest BCUT2D eigenvalue weighted by atomic mass is 15.1. The molecule has 0 aromatic rings. The topological polar surface area (TPSA) is 15.3 Å². The molecule has 2 rings (SSSR count). The lowest BCUT2D eigenvalue weighted by Crippen LogP contribution is -2.51. The lowest BCUT2D eigenvalue weighted by Gasteiger charge is -2.52. The summed E-state index contributed by atoms with van der Waals surface area (Å²) < 4.78 is 0. The van der Waals surface area contributed by atoms with Gasteiger partial charge >= 0.3 is 0 Å². The van der Waals surface area contributed by atoms with Crippen LogP contribution in [0.4, 0.5) is 0 Å². The van der Waals surface area contributed by atoms with Gasteiger partial charge in [-0.15, -0.1) is 0 Å². The first-order chi connectivity index (χ1) is 8.19. The zero-order chi connectivity index (χ0) is 12.3. The van der Waals surface area contributed by atoms with Gasteiger partial charge in [0.1, 0.15) is 0 Å². The Bertz CT molecular complexity index is 223. The van der Waals surface area contributed by atoms with E-state index >= 15 is 0 Å². The highest BCUT2D eigenvalue weighted by molar-refractivity contribution is 5.00. The van der Waals surface area contributed by atoms with Crippen molar-refractivity contribution in [3.8, 4) is 0 Å². The number of unbranched alkanes of at least 4 members (excludes halogenated alkanes) is 1. The van der Waals surface area contributed by atoms with Gasteiger partial charge < -0.3 is 10.2 Å². The SMILES string of the molecule is CCCCN(C)C1CCC2(CC1)CC(NC)C2. The third-order valence-corrected chi connectivity index (χ3v) is 5.27. The van der Waals surface area contributed by atoms with Gasteiger partial charge in [0.05, 0.1) is 0 Å². The van der Waals surface area contributed by atoms with Crippen LogP contribution in [0, 0.1) is 5.41 Å². The number of rotatable bonds is 5. The molecule has 2 nitrogen and oxygen atoms in total. The lowest BCUT2D eigenvalue weighted by molar-refractivity contribution is 0.0128. The van der Waals surface area contributed by atoms with E-state index in [1.165, 1.54) is 57.9 Å². The fourth-order valence-electron chi connectivity index (χ4n) is 3.84. The first-order valence-corrected chi connectivity index (χ1v) is 7.56. The predicted molar refractivity (Wildman–Crippen MR) is 74.3 cm³/mol. The van der Waals surface area contributed by atoms with E-state index in [9.17, 15) is 0 Å². The number of nitrogens with zero attached hydrogens (tertiary/aromatic N) is 1. The Balaban J connectivity index is 1.71. The number of hydrogen-bond acceptors (Lipinski definition) is 2. The zero-order valence-corrected chi connectivity index (χ0v) is 12.0. The molecule has 2 heteroatoms. The molecule has 1 N–H and O–H groups in total. The van der Waals surface area contributed by atoms with Crippen molar-refractivity contribution in [2.45, 2.75) is 70.4 Å². The van der Waals surface area contributed by atoms with E-state index < -0.39 is 0 Å². The molecule has 0 radical (unpaired) electrons. The van der Waals surface area contributed by atoms with Crippen LogP contribution in [0.1, 0.15) is 58.3 Å². The molecular formula is C15H30N2. The summed E-state index contributed by atoms with van der Waals surface area (Å²) in [7, 11) is 4.44. The maximum Gasteiger partial charge on any atom is 0.00926 e. The van der Waals surface area contributed by atoms with Crippen molar-refractivity contribution < 1.29 is 0 Å². The van der Waals surface area contributed by atoms with Gasteiger partial charge in [0, 0.05) is 12.1 Å². The van der Waals surface area contributed by atoms with E-state index in [1.807, 2.05) is 0 Å². The zero-order valence-electron chi connectivity index (χ0n) is 12.0. The van der Waals surface area contributed by atoms with Gasteiger partial charge in [0.2, 0.25) is 0 Å². The molecule has 100 valence electrons. The monoisotopic (exact) mass is 238 g/mol. The van der Waals surface area contributed by atoms with Crippen molar-refractivity contribution in [3.63, 3.8) is 0 Å². The summed E-state index contributed by atoms with van der Waals surface area (Å²) in [6, 6.07) is 1.70. The molecule has 1 spiro atoms. The van der Waals surface area contributed by atoms with Gasteiger partial charge in [-0.2, -0.15) is 0 Å². The molecule has 0 amide bonds. The minimum absolute atomic E-state index is 0.746. The van der Waals surface area contributed by atoms with E-state index in [4.69, 9.17) is 0 Å². The molecule has 2 aliphatic carbocycles. The Morgan fingerprint density at radius 2 is 1.88 bits per heavy atom. The third-order valence-electron chi connectivity index (χ3n) is 5.27. The van der Waals surface area contributed by atoms with E-state index in [2.05, 4.69) is 31.2 Å². The second kappa shape index (κ2) is 5.71. The van der Waals surface area contributed by atoms with Crippen molar-refractivity contribution in [2.24, 2.45) is 5.41 Å². The van der Waals surface area contributed by atoms with Crippen molar-refractivity contribution in [3.05, 3.63) is 0 Å². The van der Waals surface area contributed by atoms with Crippen LogP contribution in [-0.4, -0.2) is 37.6 Å². The summed E-state index contributed by atoms with van der Waals surface area (Å²) in [5, 5.41) is 3.42. The average Bonchev–Trinajstić information content (AvgIpc) is 2.33.